The van der Waals surface area contributed by atoms with Gasteiger partial charge in [0.25, 0.3) is 0 Å². The van der Waals surface area contributed by atoms with E-state index in [4.69, 9.17) is 4.74 Å². The molecule has 0 spiro atoms. The molecule has 254 valence electrons. The number of nitrogens with one attached hydrogen (secondary N) is 3. The van der Waals surface area contributed by atoms with E-state index in [-0.39, 0.29) is 29.8 Å². The zero-order chi connectivity index (χ0) is 34.1. The number of anilines is 4. The topological polar surface area (TPSA) is 129 Å². The summed E-state index contributed by atoms with van der Waals surface area (Å²) in [7, 11) is -3.92. The Kier molecular flexibility index (Phi) is 11.2. The highest BCUT2D eigenvalue weighted by Crippen LogP contribution is 2.27. The monoisotopic (exact) mass is 675 g/mol. The molecule has 1 fully saturated rings. The third-order valence-corrected chi connectivity index (χ3v) is 9.67. The maximum atomic E-state index is 14.1. The SMILES string of the molecule is CC(C)(C)OC(=O)NCCN(C1CCN(Cc2ccccc2)CC1)S(=O)(=O)c1ccc(Nc2nccc(Nc3ccc(F)cc3)n2)cc1. The van der Waals surface area contributed by atoms with Crippen molar-refractivity contribution in [1.29, 1.82) is 0 Å². The summed E-state index contributed by atoms with van der Waals surface area (Å²) >= 11 is 0. The van der Waals surface area contributed by atoms with Crippen molar-refractivity contribution in [3.05, 3.63) is 103 Å². The minimum atomic E-state index is -3.92. The maximum absolute atomic E-state index is 14.1. The van der Waals surface area contributed by atoms with Crippen LogP contribution >= 0.6 is 0 Å². The number of piperidine rings is 1. The Morgan fingerprint density at radius 1 is 0.938 bits per heavy atom. The first-order valence-corrected chi connectivity index (χ1v) is 17.4. The normalized spacial score (nSPS) is 14.4. The summed E-state index contributed by atoms with van der Waals surface area (Å²) in [6.45, 7) is 7.86. The Morgan fingerprint density at radius 3 is 2.25 bits per heavy atom. The minimum Gasteiger partial charge on any atom is -0.444 e. The second kappa shape index (κ2) is 15.5. The molecule has 1 amide bonds. The van der Waals surface area contributed by atoms with Gasteiger partial charge in [0.05, 0.1) is 4.90 Å². The van der Waals surface area contributed by atoms with Crippen LogP contribution in [0.15, 0.2) is 96.0 Å². The lowest BCUT2D eigenvalue weighted by Crippen LogP contribution is -2.49. The Morgan fingerprint density at radius 2 is 1.58 bits per heavy atom. The molecule has 1 aromatic heterocycles. The molecule has 0 bridgehead atoms. The molecule has 0 radical (unpaired) electrons. The van der Waals surface area contributed by atoms with Crippen LogP contribution in [0, 0.1) is 5.82 Å². The third kappa shape index (κ3) is 9.96. The van der Waals surface area contributed by atoms with Crippen LogP contribution < -0.4 is 16.0 Å². The molecule has 2 heterocycles. The van der Waals surface area contributed by atoms with Crippen molar-refractivity contribution in [2.45, 2.75) is 56.7 Å². The van der Waals surface area contributed by atoms with Crippen LogP contribution in [0.5, 0.6) is 0 Å². The van der Waals surface area contributed by atoms with Gasteiger partial charge in [0.1, 0.15) is 17.2 Å². The van der Waals surface area contributed by atoms with Gasteiger partial charge in [-0.3, -0.25) is 4.90 Å². The van der Waals surface area contributed by atoms with Crippen LogP contribution in [-0.4, -0.2) is 71.5 Å². The fraction of sp³-hybridized carbons (Fsp3) is 0.343. The smallest absolute Gasteiger partial charge is 0.407 e. The quantitative estimate of drug-likeness (QED) is 0.159. The Hall–Kier alpha value is -4.59. The molecule has 0 aliphatic carbocycles. The average Bonchev–Trinajstić information content (AvgIpc) is 3.05. The molecular weight excluding hydrogens is 633 g/mol. The average molecular weight is 676 g/mol. The van der Waals surface area contributed by atoms with Gasteiger partial charge < -0.3 is 20.7 Å². The van der Waals surface area contributed by atoms with Gasteiger partial charge in [-0.1, -0.05) is 30.3 Å². The molecular formula is C35H42FN7O4S. The summed E-state index contributed by atoms with van der Waals surface area (Å²) in [4.78, 5) is 23.5. The van der Waals surface area contributed by atoms with Crippen molar-refractivity contribution < 1.29 is 22.3 Å². The van der Waals surface area contributed by atoms with E-state index in [9.17, 15) is 17.6 Å². The van der Waals surface area contributed by atoms with E-state index in [1.165, 1.54) is 22.0 Å². The van der Waals surface area contributed by atoms with E-state index >= 15 is 0 Å². The molecule has 0 atom stereocenters. The van der Waals surface area contributed by atoms with Crippen LogP contribution in [0.3, 0.4) is 0 Å². The number of rotatable bonds is 12. The highest BCUT2D eigenvalue weighted by atomic mass is 32.2. The molecule has 4 aromatic rings. The van der Waals surface area contributed by atoms with Crippen LogP contribution in [-0.2, 0) is 21.3 Å². The number of likely N-dealkylation sites (tertiary alicyclic amines) is 1. The van der Waals surface area contributed by atoms with Gasteiger partial charge >= 0.3 is 6.09 Å². The second-order valence-corrected chi connectivity index (χ2v) is 14.5. The van der Waals surface area contributed by atoms with Crippen molar-refractivity contribution in [3.8, 4) is 0 Å². The van der Waals surface area contributed by atoms with Crippen LogP contribution in [0.2, 0.25) is 0 Å². The van der Waals surface area contributed by atoms with E-state index in [0.29, 0.717) is 36.0 Å². The molecule has 5 rings (SSSR count). The van der Waals surface area contributed by atoms with E-state index in [1.807, 2.05) is 18.2 Å². The number of ether oxygens (including phenoxy) is 1. The van der Waals surface area contributed by atoms with Crippen molar-refractivity contribution >= 4 is 39.3 Å². The number of amides is 1. The first-order valence-electron chi connectivity index (χ1n) is 15.9. The van der Waals surface area contributed by atoms with Crippen LogP contribution in [0.1, 0.15) is 39.2 Å². The van der Waals surface area contributed by atoms with Crippen molar-refractivity contribution in [1.82, 2.24) is 24.5 Å². The molecule has 3 aromatic carbocycles. The molecule has 1 saturated heterocycles. The third-order valence-electron chi connectivity index (χ3n) is 7.70. The summed E-state index contributed by atoms with van der Waals surface area (Å²) in [6, 6.07) is 24.0. The molecule has 0 unspecified atom stereocenters. The number of sulfonamides is 1. The maximum Gasteiger partial charge on any atom is 0.407 e. The number of nitrogens with zero attached hydrogens (tertiary/aromatic N) is 4. The van der Waals surface area contributed by atoms with Crippen LogP contribution in [0.25, 0.3) is 0 Å². The lowest BCUT2D eigenvalue weighted by atomic mass is 10.0. The number of carbonyl (C=O) groups excluding carboxylic acids is 1. The highest BCUT2D eigenvalue weighted by molar-refractivity contribution is 7.89. The molecule has 13 heteroatoms. The number of hydrogen-bond donors (Lipinski definition) is 3. The molecule has 3 N–H and O–H groups in total. The zero-order valence-electron chi connectivity index (χ0n) is 27.4. The minimum absolute atomic E-state index is 0.104. The van der Waals surface area contributed by atoms with Gasteiger partial charge in [-0.05, 0) is 93.8 Å². The van der Waals surface area contributed by atoms with E-state index in [0.717, 1.165) is 19.6 Å². The molecule has 1 aliphatic heterocycles. The summed E-state index contributed by atoms with van der Waals surface area (Å²) in [5.41, 5.74) is 1.82. The van der Waals surface area contributed by atoms with E-state index in [2.05, 4.69) is 43.0 Å². The van der Waals surface area contributed by atoms with Gasteiger partial charge in [-0.25, -0.2) is 22.6 Å². The van der Waals surface area contributed by atoms with E-state index in [1.54, 1.807) is 69.4 Å². The highest BCUT2D eigenvalue weighted by Gasteiger charge is 2.34. The summed E-state index contributed by atoms with van der Waals surface area (Å²) < 4.78 is 48.3. The van der Waals surface area contributed by atoms with Crippen molar-refractivity contribution in [3.63, 3.8) is 0 Å². The number of halogens is 1. The number of carbonyl (C=O) groups is 1. The van der Waals surface area contributed by atoms with Gasteiger partial charge in [0.15, 0.2) is 0 Å². The van der Waals surface area contributed by atoms with E-state index < -0.39 is 21.7 Å². The van der Waals surface area contributed by atoms with Crippen molar-refractivity contribution in [2.24, 2.45) is 0 Å². The number of alkyl carbamates (subject to hydrolysis) is 1. The first kappa shape index (κ1) is 34.7. The predicted molar refractivity (Wildman–Crippen MR) is 184 cm³/mol. The van der Waals surface area contributed by atoms with Crippen LogP contribution in [0.4, 0.5) is 32.3 Å². The number of aromatic nitrogens is 2. The lowest BCUT2D eigenvalue weighted by molar-refractivity contribution is 0.0522. The summed E-state index contributed by atoms with van der Waals surface area (Å²) in [5.74, 6) is 0.472. The standard InChI is InChI=1S/C35H42FN7O4S/c1-35(2,3)47-34(44)38-21-24-43(30-18-22-42(23-19-30)25-26-7-5-4-6-8-26)48(45,46)31-15-13-29(14-16-31)40-33-37-20-17-32(41-33)39-28-11-9-27(36)10-12-28/h4-17,20,30H,18-19,21-25H2,1-3H3,(H,38,44)(H2,37,39,40,41). The Bertz CT molecular complexity index is 1740. The van der Waals surface area contributed by atoms with Crippen molar-refractivity contribution in [2.75, 3.05) is 36.8 Å². The lowest BCUT2D eigenvalue weighted by Gasteiger charge is -2.38. The molecule has 0 saturated carbocycles. The molecule has 11 nitrogen and oxygen atoms in total. The second-order valence-electron chi connectivity index (χ2n) is 12.6. The Labute approximate surface area is 281 Å². The largest absolute Gasteiger partial charge is 0.444 e. The molecule has 1 aliphatic rings. The van der Waals surface area contributed by atoms with Gasteiger partial charge in [-0.15, -0.1) is 0 Å². The molecule has 48 heavy (non-hydrogen) atoms. The van der Waals surface area contributed by atoms with Gasteiger partial charge in [0.2, 0.25) is 16.0 Å². The van der Waals surface area contributed by atoms with Gasteiger partial charge in [0, 0.05) is 56.3 Å². The Balaban J connectivity index is 1.26. The number of hydrogen-bond acceptors (Lipinski definition) is 9. The summed E-state index contributed by atoms with van der Waals surface area (Å²) in [5, 5.41) is 8.91. The fourth-order valence-corrected chi connectivity index (χ4v) is 7.12. The summed E-state index contributed by atoms with van der Waals surface area (Å²) in [6.07, 6.45) is 2.32. The first-order chi connectivity index (χ1) is 22.9. The number of benzene rings is 3. The predicted octanol–water partition coefficient (Wildman–Crippen LogP) is 6.28. The van der Waals surface area contributed by atoms with Gasteiger partial charge in [-0.2, -0.15) is 9.29 Å². The zero-order valence-corrected chi connectivity index (χ0v) is 28.2. The fourth-order valence-electron chi connectivity index (χ4n) is 5.43.